The largest absolute Gasteiger partial charge is 0.299 e. The molecule has 2 nitrogen and oxygen atoms in total. The lowest BCUT2D eigenvalue weighted by Gasteiger charge is -2.23. The highest BCUT2D eigenvalue weighted by Gasteiger charge is 2.27. The second kappa shape index (κ2) is 6.65. The van der Waals surface area contributed by atoms with Crippen LogP contribution < -0.4 is 0 Å². The van der Waals surface area contributed by atoms with E-state index in [0.29, 0.717) is 12.8 Å². The predicted molar refractivity (Wildman–Crippen MR) is 76.3 cm³/mol. The number of carbonyl (C=O) groups is 2. The van der Waals surface area contributed by atoms with Crippen molar-refractivity contribution in [2.75, 3.05) is 0 Å². The third-order valence-electron chi connectivity index (χ3n) is 3.89. The van der Waals surface area contributed by atoms with Crippen LogP contribution in [0, 0.1) is 0 Å². The molecule has 1 saturated carbocycles. The summed E-state index contributed by atoms with van der Waals surface area (Å²) in [4.78, 5) is 23.2. The number of hydrogen-bond acceptors (Lipinski definition) is 2. The van der Waals surface area contributed by atoms with E-state index >= 15 is 0 Å². The van der Waals surface area contributed by atoms with Crippen LogP contribution in [0.1, 0.15) is 62.5 Å². The molecule has 0 amide bonds. The molecule has 0 saturated heterocycles. The van der Waals surface area contributed by atoms with Crippen molar-refractivity contribution >= 4 is 11.6 Å². The van der Waals surface area contributed by atoms with E-state index in [1.165, 1.54) is 30.4 Å². The van der Waals surface area contributed by atoms with Gasteiger partial charge in [0.15, 0.2) is 0 Å². The monoisotopic (exact) mass is 258 g/mol. The SMILES string of the molecule is CCCCCc1ccccc1C1CC(=O)CC(=O)C1. The van der Waals surface area contributed by atoms with Gasteiger partial charge in [-0.05, 0) is 29.9 Å². The molecule has 1 aliphatic carbocycles. The van der Waals surface area contributed by atoms with Crippen molar-refractivity contribution in [2.24, 2.45) is 0 Å². The second-order valence-corrected chi connectivity index (χ2v) is 5.52. The summed E-state index contributed by atoms with van der Waals surface area (Å²) in [5.74, 6) is 0.320. The molecule has 1 fully saturated rings. The maximum Gasteiger partial charge on any atom is 0.140 e. The molecule has 2 rings (SSSR count). The fourth-order valence-electron chi connectivity index (χ4n) is 2.93. The van der Waals surface area contributed by atoms with Gasteiger partial charge >= 0.3 is 0 Å². The summed E-state index contributed by atoms with van der Waals surface area (Å²) in [5.41, 5.74) is 2.54. The summed E-state index contributed by atoms with van der Waals surface area (Å²) in [6.07, 6.45) is 5.91. The van der Waals surface area contributed by atoms with Gasteiger partial charge in [-0.1, -0.05) is 44.0 Å². The molecule has 0 heterocycles. The zero-order chi connectivity index (χ0) is 13.7. The minimum absolute atomic E-state index is 0.101. The van der Waals surface area contributed by atoms with Crippen LogP contribution in [-0.4, -0.2) is 11.6 Å². The Balaban J connectivity index is 2.14. The van der Waals surface area contributed by atoms with E-state index in [1.54, 1.807) is 0 Å². The third-order valence-corrected chi connectivity index (χ3v) is 3.89. The van der Waals surface area contributed by atoms with Crippen LogP contribution in [0.25, 0.3) is 0 Å². The molecule has 0 unspecified atom stereocenters. The smallest absolute Gasteiger partial charge is 0.140 e. The lowest BCUT2D eigenvalue weighted by atomic mass is 9.80. The van der Waals surface area contributed by atoms with Crippen molar-refractivity contribution in [3.8, 4) is 0 Å². The van der Waals surface area contributed by atoms with Gasteiger partial charge in [-0.15, -0.1) is 0 Å². The minimum atomic E-state index is 0.101. The first-order valence-corrected chi connectivity index (χ1v) is 7.32. The van der Waals surface area contributed by atoms with Crippen LogP contribution >= 0.6 is 0 Å². The van der Waals surface area contributed by atoms with Gasteiger partial charge in [0.2, 0.25) is 0 Å². The molecule has 2 heteroatoms. The average molecular weight is 258 g/mol. The summed E-state index contributed by atoms with van der Waals surface area (Å²) in [6, 6.07) is 8.31. The first-order chi connectivity index (χ1) is 9.20. The average Bonchev–Trinajstić information content (AvgIpc) is 2.38. The highest BCUT2D eigenvalue weighted by Crippen LogP contribution is 2.32. The fourth-order valence-corrected chi connectivity index (χ4v) is 2.93. The molecule has 0 spiro atoms. The quantitative estimate of drug-likeness (QED) is 0.594. The highest BCUT2D eigenvalue weighted by atomic mass is 16.1. The van der Waals surface area contributed by atoms with Crippen molar-refractivity contribution in [1.82, 2.24) is 0 Å². The summed E-state index contributed by atoms with van der Waals surface area (Å²) < 4.78 is 0. The molecular formula is C17H22O2. The fraction of sp³-hybridized carbons (Fsp3) is 0.529. The Labute approximate surface area is 115 Å². The number of carbonyl (C=O) groups excluding carboxylic acids is 2. The van der Waals surface area contributed by atoms with Gasteiger partial charge in [0.1, 0.15) is 11.6 Å². The van der Waals surface area contributed by atoms with E-state index in [0.717, 1.165) is 6.42 Å². The van der Waals surface area contributed by atoms with E-state index in [2.05, 4.69) is 25.1 Å². The third kappa shape index (κ3) is 3.76. The highest BCUT2D eigenvalue weighted by molar-refractivity contribution is 6.02. The normalized spacial score (nSPS) is 16.9. The van der Waals surface area contributed by atoms with Crippen LogP contribution in [0.3, 0.4) is 0 Å². The van der Waals surface area contributed by atoms with Gasteiger partial charge in [0, 0.05) is 12.8 Å². The number of Topliss-reactive ketones (excluding diaryl/α,β-unsaturated/α-hetero) is 2. The predicted octanol–water partition coefficient (Wildman–Crippen LogP) is 3.83. The molecule has 0 aliphatic heterocycles. The van der Waals surface area contributed by atoms with Crippen LogP contribution in [0.4, 0.5) is 0 Å². The van der Waals surface area contributed by atoms with Gasteiger partial charge in [-0.2, -0.15) is 0 Å². The van der Waals surface area contributed by atoms with E-state index in [1.807, 2.05) is 6.07 Å². The number of ketones is 2. The summed E-state index contributed by atoms with van der Waals surface area (Å²) >= 11 is 0. The molecule has 0 atom stereocenters. The van der Waals surface area contributed by atoms with Crippen molar-refractivity contribution in [3.63, 3.8) is 0 Å². The van der Waals surface area contributed by atoms with Gasteiger partial charge in [0.05, 0.1) is 6.42 Å². The van der Waals surface area contributed by atoms with Crippen molar-refractivity contribution in [2.45, 2.75) is 57.8 Å². The molecule has 1 aliphatic rings. The van der Waals surface area contributed by atoms with Gasteiger partial charge < -0.3 is 0 Å². The first-order valence-electron chi connectivity index (χ1n) is 7.32. The number of hydrogen-bond donors (Lipinski definition) is 0. The Morgan fingerprint density at radius 2 is 1.74 bits per heavy atom. The number of aryl methyl sites for hydroxylation is 1. The van der Waals surface area contributed by atoms with Crippen molar-refractivity contribution < 1.29 is 9.59 Å². The van der Waals surface area contributed by atoms with Crippen LogP contribution in [0.2, 0.25) is 0 Å². The van der Waals surface area contributed by atoms with Crippen LogP contribution in [0.5, 0.6) is 0 Å². The van der Waals surface area contributed by atoms with Gasteiger partial charge in [-0.25, -0.2) is 0 Å². The zero-order valence-corrected chi connectivity index (χ0v) is 11.7. The van der Waals surface area contributed by atoms with Crippen molar-refractivity contribution in [1.29, 1.82) is 0 Å². The Bertz CT molecular complexity index is 446. The first kappa shape index (κ1) is 14.0. The lowest BCUT2D eigenvalue weighted by Crippen LogP contribution is -2.22. The Morgan fingerprint density at radius 1 is 1.05 bits per heavy atom. The summed E-state index contributed by atoms with van der Waals surface area (Å²) in [6.45, 7) is 2.20. The number of unbranched alkanes of at least 4 members (excludes halogenated alkanes) is 2. The Morgan fingerprint density at radius 3 is 2.42 bits per heavy atom. The molecule has 0 radical (unpaired) electrons. The Kier molecular flexibility index (Phi) is 4.89. The Hall–Kier alpha value is -1.44. The van der Waals surface area contributed by atoms with Gasteiger partial charge in [-0.3, -0.25) is 9.59 Å². The van der Waals surface area contributed by atoms with E-state index in [4.69, 9.17) is 0 Å². The maximum atomic E-state index is 11.6. The maximum absolute atomic E-state index is 11.6. The summed E-state index contributed by atoms with van der Waals surface area (Å²) in [7, 11) is 0. The second-order valence-electron chi connectivity index (χ2n) is 5.52. The molecule has 1 aromatic carbocycles. The van der Waals surface area contributed by atoms with E-state index in [9.17, 15) is 9.59 Å². The van der Waals surface area contributed by atoms with E-state index < -0.39 is 0 Å². The minimum Gasteiger partial charge on any atom is -0.299 e. The van der Waals surface area contributed by atoms with Gasteiger partial charge in [0.25, 0.3) is 0 Å². The van der Waals surface area contributed by atoms with Crippen molar-refractivity contribution in [3.05, 3.63) is 35.4 Å². The van der Waals surface area contributed by atoms with Crippen LogP contribution in [0.15, 0.2) is 24.3 Å². The summed E-state index contributed by atoms with van der Waals surface area (Å²) in [5, 5.41) is 0. The molecule has 0 aromatic heterocycles. The molecular weight excluding hydrogens is 236 g/mol. The number of rotatable bonds is 5. The topological polar surface area (TPSA) is 34.1 Å². The molecule has 19 heavy (non-hydrogen) atoms. The lowest BCUT2D eigenvalue weighted by molar-refractivity contribution is -0.130. The van der Waals surface area contributed by atoms with E-state index in [-0.39, 0.29) is 23.9 Å². The molecule has 102 valence electrons. The molecule has 1 aromatic rings. The standard InChI is InChI=1S/C17H22O2/c1-2-3-4-7-13-8-5-6-9-17(13)14-10-15(18)12-16(19)11-14/h5-6,8-9,14H,2-4,7,10-12H2,1H3. The number of benzene rings is 1. The zero-order valence-electron chi connectivity index (χ0n) is 11.7. The molecule has 0 N–H and O–H groups in total. The van der Waals surface area contributed by atoms with Crippen LogP contribution in [-0.2, 0) is 16.0 Å². The molecule has 0 bridgehead atoms.